The monoisotopic (exact) mass is 349 g/mol. The fourth-order valence-corrected chi connectivity index (χ4v) is 3.60. The molecule has 3 aromatic rings. The van der Waals surface area contributed by atoms with E-state index in [9.17, 15) is 9.59 Å². The van der Waals surface area contributed by atoms with Gasteiger partial charge < -0.3 is 9.64 Å². The number of ether oxygens (including phenoxy) is 1. The number of nitrogens with zero attached hydrogens (tertiary/aromatic N) is 2. The van der Waals surface area contributed by atoms with Gasteiger partial charge in [0.25, 0.3) is 11.5 Å². The normalized spacial score (nSPS) is 16.8. The highest BCUT2D eigenvalue weighted by Crippen LogP contribution is 2.34. The Morgan fingerprint density at radius 1 is 1.15 bits per heavy atom. The molecule has 1 amide bonds. The first-order valence-corrected chi connectivity index (χ1v) is 8.61. The average molecular weight is 349 g/mol. The SMILES string of the molecule is COc1ccc([C@@H]2CCCN2C(=O)c2n[nH]c(=O)c3ccccc23)cc1. The molecule has 6 nitrogen and oxygen atoms in total. The molecule has 6 heteroatoms. The molecule has 1 N–H and O–H groups in total. The van der Waals surface area contributed by atoms with Gasteiger partial charge in [-0.25, -0.2) is 5.10 Å². The maximum atomic E-state index is 13.2. The molecule has 2 aromatic carbocycles. The van der Waals surface area contributed by atoms with Crippen LogP contribution >= 0.6 is 0 Å². The van der Waals surface area contributed by atoms with Crippen LogP contribution in [0.1, 0.15) is 34.9 Å². The highest BCUT2D eigenvalue weighted by Gasteiger charge is 2.32. The lowest BCUT2D eigenvalue weighted by Gasteiger charge is -2.25. The highest BCUT2D eigenvalue weighted by atomic mass is 16.5. The topological polar surface area (TPSA) is 75.3 Å². The fraction of sp³-hybridized carbons (Fsp3) is 0.250. The number of likely N-dealkylation sites (tertiary alicyclic amines) is 1. The van der Waals surface area contributed by atoms with E-state index in [-0.39, 0.29) is 17.5 Å². The minimum absolute atomic E-state index is 0.000830. The van der Waals surface area contributed by atoms with Crippen LogP contribution in [-0.4, -0.2) is 34.7 Å². The molecule has 1 aromatic heterocycles. The van der Waals surface area contributed by atoms with Crippen LogP contribution in [-0.2, 0) is 0 Å². The predicted octanol–water partition coefficient (Wildman–Crippen LogP) is 2.91. The second kappa shape index (κ2) is 6.63. The Bertz CT molecular complexity index is 1010. The first kappa shape index (κ1) is 16.3. The summed E-state index contributed by atoms with van der Waals surface area (Å²) in [7, 11) is 1.63. The number of hydrogen-bond donors (Lipinski definition) is 1. The van der Waals surface area contributed by atoms with Crippen molar-refractivity contribution >= 4 is 16.7 Å². The summed E-state index contributed by atoms with van der Waals surface area (Å²) in [5, 5.41) is 7.57. The lowest BCUT2D eigenvalue weighted by Crippen LogP contribution is -2.32. The molecule has 132 valence electrons. The van der Waals surface area contributed by atoms with Crippen molar-refractivity contribution in [2.45, 2.75) is 18.9 Å². The molecule has 1 aliphatic rings. The Morgan fingerprint density at radius 3 is 2.62 bits per heavy atom. The summed E-state index contributed by atoms with van der Waals surface area (Å²) in [5.74, 6) is 0.633. The summed E-state index contributed by atoms with van der Waals surface area (Å²) in [5.41, 5.74) is 1.08. The van der Waals surface area contributed by atoms with Crippen molar-refractivity contribution < 1.29 is 9.53 Å². The van der Waals surface area contributed by atoms with E-state index in [2.05, 4.69) is 10.2 Å². The Morgan fingerprint density at radius 2 is 1.88 bits per heavy atom. The molecule has 0 saturated carbocycles. The van der Waals surface area contributed by atoms with E-state index >= 15 is 0 Å². The number of aromatic amines is 1. The third kappa shape index (κ3) is 2.73. The molecular formula is C20H19N3O3. The van der Waals surface area contributed by atoms with Gasteiger partial charge in [0.15, 0.2) is 5.69 Å². The number of methoxy groups -OCH3 is 1. The minimum atomic E-state index is -0.287. The summed E-state index contributed by atoms with van der Waals surface area (Å²) >= 11 is 0. The van der Waals surface area contributed by atoms with E-state index in [0.717, 1.165) is 24.2 Å². The molecular weight excluding hydrogens is 330 g/mol. The van der Waals surface area contributed by atoms with Gasteiger partial charge in [-0.15, -0.1) is 0 Å². The molecule has 4 rings (SSSR count). The van der Waals surface area contributed by atoms with Crippen LogP contribution in [0.3, 0.4) is 0 Å². The van der Waals surface area contributed by atoms with Gasteiger partial charge in [0, 0.05) is 11.9 Å². The van der Waals surface area contributed by atoms with E-state index in [1.165, 1.54) is 0 Å². The number of amides is 1. The average Bonchev–Trinajstić information content (AvgIpc) is 3.18. The first-order chi connectivity index (χ1) is 12.7. The second-order valence-corrected chi connectivity index (χ2v) is 6.38. The van der Waals surface area contributed by atoms with Gasteiger partial charge in [-0.05, 0) is 36.6 Å². The Balaban J connectivity index is 1.71. The summed E-state index contributed by atoms with van der Waals surface area (Å²) in [6.07, 6.45) is 1.84. The quantitative estimate of drug-likeness (QED) is 0.789. The minimum Gasteiger partial charge on any atom is -0.497 e. The van der Waals surface area contributed by atoms with Gasteiger partial charge in [0.1, 0.15) is 5.75 Å². The van der Waals surface area contributed by atoms with E-state index < -0.39 is 0 Å². The zero-order valence-electron chi connectivity index (χ0n) is 14.4. The van der Waals surface area contributed by atoms with E-state index in [1.807, 2.05) is 35.2 Å². The maximum Gasteiger partial charge on any atom is 0.275 e. The number of rotatable bonds is 3. The van der Waals surface area contributed by atoms with Gasteiger partial charge in [-0.1, -0.05) is 30.3 Å². The number of carbonyl (C=O) groups is 1. The smallest absolute Gasteiger partial charge is 0.275 e. The summed E-state index contributed by atoms with van der Waals surface area (Å²) < 4.78 is 5.21. The molecule has 0 unspecified atom stereocenters. The second-order valence-electron chi connectivity index (χ2n) is 6.38. The van der Waals surface area contributed by atoms with Crippen LogP contribution in [0.25, 0.3) is 10.8 Å². The van der Waals surface area contributed by atoms with Crippen molar-refractivity contribution in [3.05, 3.63) is 70.1 Å². The fourth-order valence-electron chi connectivity index (χ4n) is 3.60. The Labute approximate surface area is 150 Å². The van der Waals surface area contributed by atoms with Crippen molar-refractivity contribution in [1.82, 2.24) is 15.1 Å². The third-order valence-corrected chi connectivity index (χ3v) is 4.91. The van der Waals surface area contributed by atoms with Crippen LogP contribution in [0.2, 0.25) is 0 Å². The van der Waals surface area contributed by atoms with Crippen molar-refractivity contribution in [1.29, 1.82) is 0 Å². The lowest BCUT2D eigenvalue weighted by molar-refractivity contribution is 0.0730. The number of hydrogen-bond acceptors (Lipinski definition) is 4. The van der Waals surface area contributed by atoms with Crippen LogP contribution in [0.4, 0.5) is 0 Å². The summed E-state index contributed by atoms with van der Waals surface area (Å²) in [6, 6.07) is 14.9. The molecule has 2 heterocycles. The third-order valence-electron chi connectivity index (χ3n) is 4.91. The van der Waals surface area contributed by atoms with E-state index in [4.69, 9.17) is 4.74 Å². The Hall–Kier alpha value is -3.15. The highest BCUT2D eigenvalue weighted by molar-refractivity contribution is 6.04. The number of nitrogens with one attached hydrogen (secondary N) is 1. The number of carbonyl (C=O) groups excluding carboxylic acids is 1. The van der Waals surface area contributed by atoms with Gasteiger partial charge in [-0.3, -0.25) is 9.59 Å². The molecule has 0 spiro atoms. The summed E-state index contributed by atoms with van der Waals surface area (Å²) in [6.45, 7) is 0.671. The molecule has 0 radical (unpaired) electrons. The first-order valence-electron chi connectivity index (χ1n) is 8.61. The maximum absolute atomic E-state index is 13.2. The molecule has 26 heavy (non-hydrogen) atoms. The van der Waals surface area contributed by atoms with E-state index in [0.29, 0.717) is 23.0 Å². The molecule has 1 fully saturated rings. The van der Waals surface area contributed by atoms with Gasteiger partial charge in [0.05, 0.1) is 18.5 Å². The molecule has 1 aliphatic heterocycles. The standard InChI is InChI=1S/C20H19N3O3/c1-26-14-10-8-13(9-11-14)17-7-4-12-23(17)20(25)18-15-5-2-3-6-16(15)19(24)22-21-18/h2-3,5-6,8-11,17H,4,7,12H2,1H3,(H,22,24)/t17-/m0/s1. The number of fused-ring (bicyclic) bond motifs is 1. The van der Waals surface area contributed by atoms with Crippen molar-refractivity contribution in [3.8, 4) is 5.75 Å². The largest absolute Gasteiger partial charge is 0.497 e. The van der Waals surface area contributed by atoms with Gasteiger partial charge in [0.2, 0.25) is 0 Å². The molecule has 0 bridgehead atoms. The van der Waals surface area contributed by atoms with Crippen LogP contribution < -0.4 is 10.3 Å². The molecule has 1 atom stereocenters. The number of H-pyrrole nitrogens is 1. The zero-order valence-corrected chi connectivity index (χ0v) is 14.4. The lowest BCUT2D eigenvalue weighted by atomic mass is 10.0. The zero-order chi connectivity index (χ0) is 18.1. The van der Waals surface area contributed by atoms with Crippen molar-refractivity contribution in [3.63, 3.8) is 0 Å². The van der Waals surface area contributed by atoms with Crippen molar-refractivity contribution in [2.75, 3.05) is 13.7 Å². The van der Waals surface area contributed by atoms with Crippen LogP contribution in [0.5, 0.6) is 5.75 Å². The van der Waals surface area contributed by atoms with Gasteiger partial charge >= 0.3 is 0 Å². The van der Waals surface area contributed by atoms with E-state index in [1.54, 1.807) is 25.3 Å². The van der Waals surface area contributed by atoms with Crippen molar-refractivity contribution in [2.24, 2.45) is 0 Å². The Kier molecular flexibility index (Phi) is 4.16. The van der Waals surface area contributed by atoms with Gasteiger partial charge in [-0.2, -0.15) is 5.10 Å². The number of benzene rings is 2. The summed E-state index contributed by atoms with van der Waals surface area (Å²) in [4.78, 5) is 27.0. The van der Waals surface area contributed by atoms with Crippen LogP contribution in [0, 0.1) is 0 Å². The predicted molar refractivity (Wildman–Crippen MR) is 98.4 cm³/mol. The number of aromatic nitrogens is 2. The molecule has 1 saturated heterocycles. The van der Waals surface area contributed by atoms with Crippen LogP contribution in [0.15, 0.2) is 53.3 Å². The molecule has 0 aliphatic carbocycles.